The van der Waals surface area contributed by atoms with Crippen LogP contribution in [0, 0.1) is 17.1 Å². The summed E-state index contributed by atoms with van der Waals surface area (Å²) in [5.41, 5.74) is 1.66. The Hall–Kier alpha value is -3.00. The van der Waals surface area contributed by atoms with Gasteiger partial charge < -0.3 is 4.57 Å². The second-order valence-corrected chi connectivity index (χ2v) is 8.56. The van der Waals surface area contributed by atoms with Gasteiger partial charge >= 0.3 is 0 Å². The van der Waals surface area contributed by atoms with E-state index in [-0.39, 0.29) is 17.2 Å². The van der Waals surface area contributed by atoms with Crippen LogP contribution in [0.3, 0.4) is 0 Å². The zero-order valence-electron chi connectivity index (χ0n) is 16.2. The molecule has 3 heterocycles. The lowest BCUT2D eigenvalue weighted by Crippen LogP contribution is -2.35. The molecule has 152 valence electrons. The number of carbonyl (C=O) groups excluding carboxylic acids is 1. The van der Waals surface area contributed by atoms with Gasteiger partial charge in [-0.15, -0.1) is 0 Å². The van der Waals surface area contributed by atoms with E-state index in [1.165, 1.54) is 48.2 Å². The Labute approximate surface area is 177 Å². The summed E-state index contributed by atoms with van der Waals surface area (Å²) in [6.07, 6.45) is 9.32. The minimum absolute atomic E-state index is 0.0372. The molecular formula is C22H20FN5OS. The van der Waals surface area contributed by atoms with Crippen LogP contribution in [-0.2, 0) is 4.79 Å². The monoisotopic (exact) mass is 421 g/mol. The van der Waals surface area contributed by atoms with Crippen molar-refractivity contribution in [2.24, 2.45) is 16.0 Å². The molecule has 0 bridgehead atoms. The summed E-state index contributed by atoms with van der Waals surface area (Å²) in [5, 5.41) is 16.1. The fourth-order valence-electron chi connectivity index (χ4n) is 4.02. The van der Waals surface area contributed by atoms with Gasteiger partial charge in [0.05, 0.1) is 5.57 Å². The normalized spacial score (nSPS) is 21.1. The molecule has 1 aliphatic carbocycles. The molecule has 0 radical (unpaired) electrons. The zero-order valence-corrected chi connectivity index (χ0v) is 17.0. The SMILES string of the molecule is N=C1/C(=C/c2cccn2-c2ccc(F)cc2)C(=O)N=C2SC(C3CCCCC3)=NN12. The zero-order chi connectivity index (χ0) is 20.7. The molecule has 2 aliphatic heterocycles. The maximum Gasteiger partial charge on any atom is 0.283 e. The van der Waals surface area contributed by atoms with Crippen LogP contribution < -0.4 is 0 Å². The van der Waals surface area contributed by atoms with Crippen molar-refractivity contribution in [2.45, 2.75) is 32.1 Å². The predicted octanol–water partition coefficient (Wildman–Crippen LogP) is 4.82. The van der Waals surface area contributed by atoms with Crippen molar-refractivity contribution in [2.75, 3.05) is 0 Å². The first-order valence-electron chi connectivity index (χ1n) is 10.0. The van der Waals surface area contributed by atoms with Gasteiger partial charge in [0.2, 0.25) is 5.17 Å². The van der Waals surface area contributed by atoms with Crippen molar-refractivity contribution >= 4 is 39.8 Å². The van der Waals surface area contributed by atoms with E-state index >= 15 is 0 Å². The topological polar surface area (TPSA) is 73.8 Å². The summed E-state index contributed by atoms with van der Waals surface area (Å²) in [6.45, 7) is 0. The molecule has 5 rings (SSSR count). The number of aliphatic imine (C=N–C) groups is 1. The van der Waals surface area contributed by atoms with Gasteiger partial charge in [0.25, 0.3) is 5.91 Å². The van der Waals surface area contributed by atoms with Crippen LogP contribution in [0.15, 0.2) is 58.3 Å². The number of rotatable bonds is 3. The number of hydrogen-bond donors (Lipinski definition) is 1. The second kappa shape index (κ2) is 7.68. The summed E-state index contributed by atoms with van der Waals surface area (Å²) >= 11 is 1.42. The first-order valence-corrected chi connectivity index (χ1v) is 10.9. The number of carbonyl (C=O) groups is 1. The fourth-order valence-corrected chi connectivity index (χ4v) is 5.08. The molecule has 0 spiro atoms. The van der Waals surface area contributed by atoms with Crippen molar-refractivity contribution in [3.63, 3.8) is 0 Å². The lowest BCUT2D eigenvalue weighted by Gasteiger charge is -2.20. The van der Waals surface area contributed by atoms with Crippen LogP contribution in [0.25, 0.3) is 11.8 Å². The van der Waals surface area contributed by atoms with Crippen LogP contribution in [0.4, 0.5) is 4.39 Å². The third-order valence-corrected chi connectivity index (χ3v) is 6.67. The number of benzene rings is 1. The molecule has 6 nitrogen and oxygen atoms in total. The second-order valence-electron chi connectivity index (χ2n) is 7.57. The lowest BCUT2D eigenvalue weighted by atomic mass is 9.90. The highest BCUT2D eigenvalue weighted by Gasteiger charge is 2.38. The highest BCUT2D eigenvalue weighted by molar-refractivity contribution is 8.27. The molecule has 8 heteroatoms. The van der Waals surface area contributed by atoms with Crippen LogP contribution in [-0.4, -0.2) is 31.5 Å². The fraction of sp³-hybridized carbons (Fsp3) is 0.273. The first kappa shape index (κ1) is 19.0. The molecule has 0 atom stereocenters. The first-order chi connectivity index (χ1) is 14.6. The van der Waals surface area contributed by atoms with Crippen molar-refractivity contribution in [1.29, 1.82) is 5.41 Å². The minimum atomic E-state index is -0.439. The van der Waals surface area contributed by atoms with Gasteiger partial charge in [-0.3, -0.25) is 10.2 Å². The molecule has 3 aliphatic rings. The lowest BCUT2D eigenvalue weighted by molar-refractivity contribution is -0.114. The maximum absolute atomic E-state index is 13.3. The number of amidine groups is 2. The van der Waals surface area contributed by atoms with Crippen LogP contribution in [0.2, 0.25) is 0 Å². The number of hydrogen-bond acceptors (Lipinski definition) is 4. The summed E-state index contributed by atoms with van der Waals surface area (Å²) in [7, 11) is 0. The number of aromatic nitrogens is 1. The highest BCUT2D eigenvalue weighted by Crippen LogP contribution is 2.36. The van der Waals surface area contributed by atoms with E-state index in [4.69, 9.17) is 5.41 Å². The third-order valence-electron chi connectivity index (χ3n) is 5.60. The molecule has 1 saturated carbocycles. The van der Waals surface area contributed by atoms with Gasteiger partial charge in [-0.1, -0.05) is 19.3 Å². The third kappa shape index (κ3) is 3.41. The van der Waals surface area contributed by atoms with E-state index < -0.39 is 5.91 Å². The van der Waals surface area contributed by atoms with E-state index in [1.807, 2.05) is 22.9 Å². The Morgan fingerprint density at radius 2 is 1.90 bits per heavy atom. The van der Waals surface area contributed by atoms with Crippen molar-refractivity contribution in [3.05, 3.63) is 59.7 Å². The van der Waals surface area contributed by atoms with Crippen LogP contribution >= 0.6 is 11.8 Å². The molecular weight excluding hydrogens is 401 g/mol. The standard InChI is InChI=1S/C22H20FN5OS/c23-15-8-10-16(11-9-15)27-12-4-7-17(27)13-18-19(24)28-22(25-20(18)29)30-21(26-28)14-5-2-1-3-6-14/h4,7-14,24H,1-3,5-6H2/b18-13-,24-19?. The van der Waals surface area contributed by atoms with Crippen molar-refractivity contribution in [3.8, 4) is 5.69 Å². The maximum atomic E-state index is 13.3. The average Bonchev–Trinajstić information content (AvgIpc) is 3.39. The van der Waals surface area contributed by atoms with E-state index in [9.17, 15) is 9.18 Å². The quantitative estimate of drug-likeness (QED) is 0.723. The van der Waals surface area contributed by atoms with E-state index in [1.54, 1.807) is 18.2 Å². The molecule has 0 saturated heterocycles. The molecule has 1 N–H and O–H groups in total. The Morgan fingerprint density at radius 1 is 1.13 bits per heavy atom. The minimum Gasteiger partial charge on any atom is -0.317 e. The van der Waals surface area contributed by atoms with E-state index in [2.05, 4.69) is 10.1 Å². The number of fused-ring (bicyclic) bond motifs is 1. The molecule has 30 heavy (non-hydrogen) atoms. The van der Waals surface area contributed by atoms with Gasteiger partial charge in [0.1, 0.15) is 10.9 Å². The number of hydrazone groups is 1. The van der Waals surface area contributed by atoms with Crippen molar-refractivity contribution in [1.82, 2.24) is 9.58 Å². The number of nitrogens with zero attached hydrogens (tertiary/aromatic N) is 4. The van der Waals surface area contributed by atoms with Gasteiger partial charge in [0.15, 0.2) is 5.84 Å². The van der Waals surface area contributed by atoms with Crippen LogP contribution in [0.5, 0.6) is 0 Å². The molecule has 1 aromatic carbocycles. The molecule has 1 fully saturated rings. The Morgan fingerprint density at radius 3 is 2.67 bits per heavy atom. The number of thioether (sulfide) groups is 1. The largest absolute Gasteiger partial charge is 0.317 e. The number of nitrogens with one attached hydrogen (secondary N) is 1. The molecule has 2 aromatic rings. The predicted molar refractivity (Wildman–Crippen MR) is 117 cm³/mol. The summed E-state index contributed by atoms with van der Waals surface area (Å²) < 4.78 is 15.1. The Balaban J connectivity index is 1.46. The molecule has 1 aromatic heterocycles. The summed E-state index contributed by atoms with van der Waals surface area (Å²) in [4.78, 5) is 16.9. The van der Waals surface area contributed by atoms with E-state index in [0.717, 1.165) is 23.6 Å². The number of amides is 1. The van der Waals surface area contributed by atoms with Crippen LogP contribution in [0.1, 0.15) is 37.8 Å². The van der Waals surface area contributed by atoms with Gasteiger partial charge in [-0.05, 0) is 67.1 Å². The highest BCUT2D eigenvalue weighted by atomic mass is 32.2. The van der Waals surface area contributed by atoms with Gasteiger partial charge in [-0.25, -0.2) is 4.39 Å². The number of halogens is 1. The smallest absolute Gasteiger partial charge is 0.283 e. The molecule has 1 amide bonds. The van der Waals surface area contributed by atoms with E-state index in [0.29, 0.717) is 16.8 Å². The van der Waals surface area contributed by atoms with Gasteiger partial charge in [0, 0.05) is 23.5 Å². The van der Waals surface area contributed by atoms with Crippen molar-refractivity contribution < 1.29 is 9.18 Å². The Kier molecular flexibility index (Phi) is 4.86. The Bertz CT molecular complexity index is 1110. The van der Waals surface area contributed by atoms with Gasteiger partial charge in [-0.2, -0.15) is 15.1 Å². The average molecular weight is 422 g/mol. The summed E-state index contributed by atoms with van der Waals surface area (Å²) in [5.74, 6) is -0.320. The molecule has 0 unspecified atom stereocenters. The summed E-state index contributed by atoms with van der Waals surface area (Å²) in [6, 6.07) is 9.79.